The number of rotatable bonds is 9. The number of carbonyl (C=O) groups excluding carboxylic acids is 1. The lowest BCUT2D eigenvalue weighted by Gasteiger charge is -2.08. The molecular weight excluding hydrogens is 410 g/mol. The largest absolute Gasteiger partial charge is 0.497 e. The van der Waals surface area contributed by atoms with Gasteiger partial charge in [0.15, 0.2) is 8.68 Å². The zero-order valence-electron chi connectivity index (χ0n) is 15.7. The van der Waals surface area contributed by atoms with Crippen LogP contribution in [-0.2, 0) is 17.0 Å². The molecule has 3 aromatic rings. The second-order valence-electron chi connectivity index (χ2n) is 5.82. The summed E-state index contributed by atoms with van der Waals surface area (Å²) in [6.45, 7) is 2.08. The molecule has 0 radical (unpaired) electrons. The van der Waals surface area contributed by atoms with Crippen LogP contribution in [0.2, 0.25) is 0 Å². The molecule has 3 rings (SSSR count). The van der Waals surface area contributed by atoms with Gasteiger partial charge in [0.05, 0.1) is 12.9 Å². The van der Waals surface area contributed by atoms with Gasteiger partial charge in [0.25, 0.3) is 0 Å². The minimum absolute atomic E-state index is 0.0338. The van der Waals surface area contributed by atoms with Crippen LogP contribution in [0.25, 0.3) is 0 Å². The molecule has 0 aliphatic heterocycles. The number of aromatic nitrogens is 2. The second-order valence-corrected chi connectivity index (χ2v) is 9.24. The van der Waals surface area contributed by atoms with Gasteiger partial charge in [-0.25, -0.2) is 0 Å². The average molecular weight is 432 g/mol. The maximum Gasteiger partial charge on any atom is 0.234 e. The van der Waals surface area contributed by atoms with E-state index in [1.165, 1.54) is 28.7 Å². The summed E-state index contributed by atoms with van der Waals surface area (Å²) in [5, 5.41) is 11.4. The van der Waals surface area contributed by atoms with Crippen molar-refractivity contribution in [2.45, 2.75) is 27.8 Å². The molecule has 2 aromatic carbocycles. The number of ether oxygens (including phenoxy) is 1. The third-order valence-corrected chi connectivity index (χ3v) is 7.17. The fraction of sp³-hybridized carbons (Fsp3) is 0.250. The van der Waals surface area contributed by atoms with Crippen LogP contribution in [0.1, 0.15) is 18.1 Å². The van der Waals surface area contributed by atoms with Crippen molar-refractivity contribution in [2.75, 3.05) is 18.2 Å². The van der Waals surface area contributed by atoms with Gasteiger partial charge in [0.1, 0.15) is 5.75 Å². The molecule has 5 nitrogen and oxygen atoms in total. The lowest BCUT2D eigenvalue weighted by molar-refractivity contribution is -0.113. The number of benzene rings is 2. The molecule has 0 fully saturated rings. The van der Waals surface area contributed by atoms with Gasteiger partial charge < -0.3 is 10.1 Å². The van der Waals surface area contributed by atoms with Gasteiger partial charge in [-0.05, 0) is 35.7 Å². The van der Waals surface area contributed by atoms with Crippen molar-refractivity contribution in [2.24, 2.45) is 0 Å². The highest BCUT2D eigenvalue weighted by atomic mass is 32.2. The van der Waals surface area contributed by atoms with Gasteiger partial charge in [0.2, 0.25) is 5.91 Å². The molecule has 0 unspecified atom stereocenters. The predicted octanol–water partition coefficient (Wildman–Crippen LogP) is 5.13. The quantitative estimate of drug-likeness (QED) is 0.474. The monoisotopic (exact) mass is 431 g/mol. The molecule has 0 spiro atoms. The third kappa shape index (κ3) is 5.98. The highest BCUT2D eigenvalue weighted by Crippen LogP contribution is 2.31. The summed E-state index contributed by atoms with van der Waals surface area (Å²) in [5.74, 6) is 1.95. The molecule has 0 aliphatic carbocycles. The lowest BCUT2D eigenvalue weighted by atomic mass is 10.1. The number of anilines is 1. The third-order valence-electron chi connectivity index (χ3n) is 3.91. The van der Waals surface area contributed by atoms with E-state index < -0.39 is 0 Å². The molecule has 146 valence electrons. The van der Waals surface area contributed by atoms with Crippen LogP contribution in [-0.4, -0.2) is 29.0 Å². The molecule has 1 aromatic heterocycles. The Morgan fingerprint density at radius 1 is 1.07 bits per heavy atom. The van der Waals surface area contributed by atoms with E-state index >= 15 is 0 Å². The van der Waals surface area contributed by atoms with Crippen LogP contribution in [0, 0.1) is 0 Å². The fourth-order valence-corrected chi connectivity index (χ4v) is 5.22. The van der Waals surface area contributed by atoms with Gasteiger partial charge >= 0.3 is 0 Å². The molecule has 0 bridgehead atoms. The van der Waals surface area contributed by atoms with Crippen LogP contribution in [0.4, 0.5) is 5.69 Å². The zero-order valence-corrected chi connectivity index (χ0v) is 18.1. The van der Waals surface area contributed by atoms with Crippen LogP contribution in [0.3, 0.4) is 0 Å². The normalized spacial score (nSPS) is 10.6. The standard InChI is InChI=1S/C20H21N3O2S3/c1-3-15-6-4-5-7-17(15)21-18(24)13-27-20-23-22-19(28-20)26-12-14-8-10-16(25-2)11-9-14/h4-11H,3,12-13H2,1-2H3,(H,21,24). The van der Waals surface area contributed by atoms with E-state index in [-0.39, 0.29) is 5.91 Å². The maximum atomic E-state index is 12.2. The van der Waals surface area contributed by atoms with Crippen molar-refractivity contribution in [3.05, 3.63) is 59.7 Å². The van der Waals surface area contributed by atoms with Crippen LogP contribution < -0.4 is 10.1 Å². The van der Waals surface area contributed by atoms with Gasteiger partial charge in [-0.2, -0.15) is 0 Å². The number of hydrogen-bond acceptors (Lipinski definition) is 7. The molecule has 28 heavy (non-hydrogen) atoms. The van der Waals surface area contributed by atoms with Crippen molar-refractivity contribution >= 4 is 46.5 Å². The zero-order chi connectivity index (χ0) is 19.8. The Balaban J connectivity index is 1.46. The Labute approximate surface area is 177 Å². The number of para-hydroxylation sites is 1. The summed E-state index contributed by atoms with van der Waals surface area (Å²) >= 11 is 4.57. The number of nitrogens with zero attached hydrogens (tertiary/aromatic N) is 2. The molecular formula is C20H21N3O2S3. The second kappa shape index (κ2) is 10.5. The van der Waals surface area contributed by atoms with Crippen LogP contribution in [0.15, 0.2) is 57.2 Å². The van der Waals surface area contributed by atoms with E-state index in [0.717, 1.165) is 37.9 Å². The molecule has 1 N–H and O–H groups in total. The van der Waals surface area contributed by atoms with Crippen LogP contribution >= 0.6 is 34.9 Å². The van der Waals surface area contributed by atoms with Crippen LogP contribution in [0.5, 0.6) is 5.75 Å². The fourth-order valence-electron chi connectivity index (χ4n) is 2.44. The first-order valence-electron chi connectivity index (χ1n) is 8.77. The number of carbonyl (C=O) groups is 1. The van der Waals surface area contributed by atoms with Crippen molar-refractivity contribution in [3.63, 3.8) is 0 Å². The number of nitrogens with one attached hydrogen (secondary N) is 1. The Morgan fingerprint density at radius 2 is 1.79 bits per heavy atom. The topological polar surface area (TPSA) is 64.1 Å². The van der Waals surface area contributed by atoms with E-state index in [2.05, 4.69) is 22.4 Å². The van der Waals surface area contributed by atoms with Crippen molar-refractivity contribution < 1.29 is 9.53 Å². The van der Waals surface area contributed by atoms with Gasteiger partial charge in [-0.15, -0.1) is 10.2 Å². The minimum Gasteiger partial charge on any atom is -0.497 e. The predicted molar refractivity (Wildman–Crippen MR) is 118 cm³/mol. The smallest absolute Gasteiger partial charge is 0.234 e. The summed E-state index contributed by atoms with van der Waals surface area (Å²) < 4.78 is 6.87. The number of amides is 1. The molecule has 0 saturated carbocycles. The summed E-state index contributed by atoms with van der Waals surface area (Å²) in [4.78, 5) is 12.2. The van der Waals surface area contributed by atoms with Gasteiger partial charge in [-0.3, -0.25) is 4.79 Å². The average Bonchev–Trinajstić information content (AvgIpc) is 3.19. The summed E-state index contributed by atoms with van der Waals surface area (Å²) in [6.07, 6.45) is 0.884. The Kier molecular flexibility index (Phi) is 7.76. The molecule has 0 atom stereocenters. The van der Waals surface area contributed by atoms with E-state index in [1.54, 1.807) is 18.9 Å². The first-order valence-corrected chi connectivity index (χ1v) is 11.6. The number of hydrogen-bond donors (Lipinski definition) is 1. The summed E-state index contributed by atoms with van der Waals surface area (Å²) in [7, 11) is 1.66. The first kappa shape index (κ1) is 20.7. The number of aryl methyl sites for hydroxylation is 1. The molecule has 1 heterocycles. The van der Waals surface area contributed by atoms with E-state index in [0.29, 0.717) is 5.75 Å². The Bertz CT molecular complexity index is 913. The van der Waals surface area contributed by atoms with Gasteiger partial charge in [-0.1, -0.05) is 72.1 Å². The minimum atomic E-state index is -0.0338. The molecule has 0 saturated heterocycles. The maximum absolute atomic E-state index is 12.2. The number of methoxy groups -OCH3 is 1. The Hall–Kier alpha value is -2.03. The summed E-state index contributed by atoms with van der Waals surface area (Å²) in [5.41, 5.74) is 3.21. The Morgan fingerprint density at radius 3 is 2.50 bits per heavy atom. The first-order chi connectivity index (χ1) is 13.7. The SMILES string of the molecule is CCc1ccccc1NC(=O)CSc1nnc(SCc2ccc(OC)cc2)s1. The van der Waals surface area contributed by atoms with E-state index in [1.807, 2.05) is 48.5 Å². The molecule has 1 amide bonds. The highest BCUT2D eigenvalue weighted by molar-refractivity contribution is 8.03. The lowest BCUT2D eigenvalue weighted by Crippen LogP contribution is -2.15. The van der Waals surface area contributed by atoms with Crippen molar-refractivity contribution in [3.8, 4) is 5.75 Å². The molecule has 8 heteroatoms. The number of thioether (sulfide) groups is 2. The van der Waals surface area contributed by atoms with E-state index in [9.17, 15) is 4.79 Å². The van der Waals surface area contributed by atoms with E-state index in [4.69, 9.17) is 4.74 Å². The molecule has 0 aliphatic rings. The van der Waals surface area contributed by atoms with Gasteiger partial charge in [0, 0.05) is 11.4 Å². The summed E-state index contributed by atoms with van der Waals surface area (Å²) in [6, 6.07) is 15.9. The van der Waals surface area contributed by atoms with Crippen molar-refractivity contribution in [1.82, 2.24) is 10.2 Å². The van der Waals surface area contributed by atoms with Crippen molar-refractivity contribution in [1.29, 1.82) is 0 Å². The highest BCUT2D eigenvalue weighted by Gasteiger charge is 2.10.